The highest BCUT2D eigenvalue weighted by molar-refractivity contribution is 6.35. The molecule has 4 heterocycles. The predicted octanol–water partition coefficient (Wildman–Crippen LogP) is 8.07. The van der Waals surface area contributed by atoms with Crippen LogP contribution in [0.15, 0.2) is 59.1 Å². The van der Waals surface area contributed by atoms with Crippen LogP contribution in [-0.4, -0.2) is 55.9 Å². The zero-order chi connectivity index (χ0) is 32.9. The van der Waals surface area contributed by atoms with Crippen LogP contribution >= 0.6 is 11.6 Å². The number of nitrogens with zero attached hydrogens (tertiary/aromatic N) is 6. The summed E-state index contributed by atoms with van der Waals surface area (Å²) in [6.45, 7) is 11.5. The number of rotatable bonds is 5. The summed E-state index contributed by atoms with van der Waals surface area (Å²) in [6.07, 6.45) is 4.77. The van der Waals surface area contributed by atoms with E-state index in [1.807, 2.05) is 82.4 Å². The molecule has 10 heteroatoms. The van der Waals surface area contributed by atoms with Crippen LogP contribution in [0.5, 0.6) is 0 Å². The number of carbonyl (C=O) groups is 1. The Balaban J connectivity index is 1.19. The highest BCUT2D eigenvalue weighted by Gasteiger charge is 2.28. The fourth-order valence-corrected chi connectivity index (χ4v) is 6.87. The number of carbonyl (C=O) groups excluding carboxylic acids is 1. The summed E-state index contributed by atoms with van der Waals surface area (Å²) >= 11 is 7.13. The van der Waals surface area contributed by atoms with Crippen molar-refractivity contribution in [3.05, 3.63) is 87.7 Å². The van der Waals surface area contributed by atoms with E-state index in [1.54, 1.807) is 9.58 Å². The van der Waals surface area contributed by atoms with E-state index >= 15 is 0 Å². The summed E-state index contributed by atoms with van der Waals surface area (Å²) in [5.41, 5.74) is 8.46. The van der Waals surface area contributed by atoms with E-state index in [4.69, 9.17) is 30.8 Å². The number of oxazole rings is 1. The van der Waals surface area contributed by atoms with Gasteiger partial charge < -0.3 is 14.1 Å². The van der Waals surface area contributed by atoms with Crippen molar-refractivity contribution in [2.24, 2.45) is 0 Å². The first-order valence-electron chi connectivity index (χ1n) is 16.1. The summed E-state index contributed by atoms with van der Waals surface area (Å²) in [5, 5.41) is 15.3. The van der Waals surface area contributed by atoms with Crippen LogP contribution in [0.2, 0.25) is 5.02 Å². The molecule has 3 aromatic carbocycles. The number of hydrogen-bond acceptors (Lipinski definition) is 7. The molecule has 0 spiro atoms. The number of aromatic nitrogens is 3. The van der Waals surface area contributed by atoms with Crippen molar-refractivity contribution in [1.29, 1.82) is 5.26 Å². The molecule has 2 aromatic heterocycles. The molecule has 1 saturated heterocycles. The van der Waals surface area contributed by atoms with Crippen molar-refractivity contribution < 1.29 is 13.9 Å². The Morgan fingerprint density at radius 1 is 1.06 bits per heavy atom. The molecule has 0 saturated carbocycles. The van der Waals surface area contributed by atoms with Crippen LogP contribution in [-0.2, 0) is 24.2 Å². The fraction of sp³-hybridized carbons (Fsp3) is 0.351. The van der Waals surface area contributed by atoms with Gasteiger partial charge in [0.25, 0.3) is 0 Å². The Kier molecular flexibility index (Phi) is 8.03. The quantitative estimate of drug-likeness (QED) is 0.190. The average molecular weight is 649 g/mol. The zero-order valence-corrected chi connectivity index (χ0v) is 27.9. The van der Waals surface area contributed by atoms with Gasteiger partial charge in [0.15, 0.2) is 5.58 Å². The van der Waals surface area contributed by atoms with E-state index in [-0.39, 0.29) is 6.09 Å². The third-order valence-electron chi connectivity index (χ3n) is 8.88. The molecule has 2 aliphatic heterocycles. The van der Waals surface area contributed by atoms with Crippen LogP contribution in [0.1, 0.15) is 61.6 Å². The van der Waals surface area contributed by atoms with E-state index in [2.05, 4.69) is 11.0 Å². The second-order valence-electron chi connectivity index (χ2n) is 13.4. The molecule has 0 aliphatic carbocycles. The number of benzene rings is 3. The van der Waals surface area contributed by atoms with Gasteiger partial charge in [-0.15, -0.1) is 0 Å². The Morgan fingerprint density at radius 3 is 2.57 bits per heavy atom. The monoisotopic (exact) mass is 648 g/mol. The van der Waals surface area contributed by atoms with E-state index < -0.39 is 5.60 Å². The van der Waals surface area contributed by atoms with Gasteiger partial charge in [-0.1, -0.05) is 35.9 Å². The number of hydrogen-bond donors (Lipinski definition) is 0. The lowest BCUT2D eigenvalue weighted by atomic mass is 9.96. The minimum Gasteiger partial charge on any atom is -0.444 e. The molecule has 1 fully saturated rings. The van der Waals surface area contributed by atoms with Crippen molar-refractivity contribution in [2.75, 3.05) is 19.6 Å². The molecule has 0 N–H and O–H groups in total. The van der Waals surface area contributed by atoms with Crippen LogP contribution < -0.4 is 0 Å². The molecule has 0 radical (unpaired) electrons. The molecule has 0 bridgehead atoms. The molecular weight excluding hydrogens is 612 g/mol. The lowest BCUT2D eigenvalue weighted by molar-refractivity contribution is 0.0221. The minimum atomic E-state index is -0.559. The fourth-order valence-electron chi connectivity index (χ4n) is 6.55. The number of halogens is 1. The smallest absolute Gasteiger partial charge is 0.410 e. The van der Waals surface area contributed by atoms with Crippen molar-refractivity contribution in [1.82, 2.24) is 24.6 Å². The van der Waals surface area contributed by atoms with Gasteiger partial charge in [0, 0.05) is 30.4 Å². The van der Waals surface area contributed by atoms with Crippen LogP contribution in [0.3, 0.4) is 0 Å². The Bertz CT molecular complexity index is 2040. The topological polar surface area (TPSA) is 100 Å². The minimum absolute atomic E-state index is 0.335. The molecular formula is C37H37ClN6O3. The molecule has 0 unspecified atom stereocenters. The zero-order valence-electron chi connectivity index (χ0n) is 27.1. The molecule has 7 rings (SSSR count). The standard InChI is InChI=1S/C37H37ClN6O3/c1-23-27(9-7-10-28(23)35-40-30-18-24(20-42-14-5-6-15-42)17-26(19-39)34(30)46-35)29-11-8-12-32(33(29)38)44-21-25-13-16-43(22-31(25)41-44)36(45)47-37(2,3)4/h7-12,17-18,21H,5-6,13-16,20,22H2,1-4H3. The first-order chi connectivity index (χ1) is 22.6. The maximum Gasteiger partial charge on any atom is 0.410 e. The molecule has 240 valence electrons. The molecule has 5 aromatic rings. The van der Waals surface area contributed by atoms with Crippen LogP contribution in [0.4, 0.5) is 4.79 Å². The number of amides is 1. The van der Waals surface area contributed by atoms with Crippen LogP contribution in [0.25, 0.3) is 39.4 Å². The summed E-state index contributed by atoms with van der Waals surface area (Å²) in [4.78, 5) is 21.7. The summed E-state index contributed by atoms with van der Waals surface area (Å²) in [7, 11) is 0. The number of ether oxygens (including phenoxy) is 1. The summed E-state index contributed by atoms with van der Waals surface area (Å²) in [6, 6.07) is 18.2. The van der Waals surface area contributed by atoms with Crippen LogP contribution in [0, 0.1) is 18.3 Å². The molecule has 0 atom stereocenters. The van der Waals surface area contributed by atoms with E-state index in [0.29, 0.717) is 47.1 Å². The van der Waals surface area contributed by atoms with E-state index in [0.717, 1.165) is 64.4 Å². The first-order valence-corrected chi connectivity index (χ1v) is 16.5. The van der Waals surface area contributed by atoms with Gasteiger partial charge in [0.05, 0.1) is 28.5 Å². The predicted molar refractivity (Wildman–Crippen MR) is 181 cm³/mol. The van der Waals surface area contributed by atoms with Crippen molar-refractivity contribution in [3.63, 3.8) is 0 Å². The molecule has 2 aliphatic rings. The van der Waals surface area contributed by atoms with E-state index in [9.17, 15) is 10.1 Å². The van der Waals surface area contributed by atoms with Gasteiger partial charge >= 0.3 is 6.09 Å². The second-order valence-corrected chi connectivity index (χ2v) is 13.8. The van der Waals surface area contributed by atoms with Gasteiger partial charge in [-0.2, -0.15) is 10.4 Å². The third kappa shape index (κ3) is 6.11. The van der Waals surface area contributed by atoms with Gasteiger partial charge in [0.1, 0.15) is 17.2 Å². The van der Waals surface area contributed by atoms with Gasteiger partial charge in [0.2, 0.25) is 5.89 Å². The average Bonchev–Trinajstić information content (AvgIpc) is 3.80. The normalized spacial score (nSPS) is 15.2. The largest absolute Gasteiger partial charge is 0.444 e. The first kappa shape index (κ1) is 31.0. The highest BCUT2D eigenvalue weighted by Crippen LogP contribution is 2.39. The number of fused-ring (bicyclic) bond motifs is 2. The molecule has 1 amide bonds. The maximum absolute atomic E-state index is 12.7. The second kappa shape index (κ2) is 12.2. The van der Waals surface area contributed by atoms with Crippen molar-refractivity contribution in [2.45, 2.75) is 65.6 Å². The lowest BCUT2D eigenvalue weighted by Crippen LogP contribution is -2.39. The van der Waals surface area contributed by atoms with Gasteiger partial charge in [-0.05, 0) is 107 Å². The summed E-state index contributed by atoms with van der Waals surface area (Å²) in [5.74, 6) is 0.468. The highest BCUT2D eigenvalue weighted by atomic mass is 35.5. The Hall–Kier alpha value is -4.65. The molecule has 9 nitrogen and oxygen atoms in total. The number of nitriles is 1. The van der Waals surface area contributed by atoms with Gasteiger partial charge in [-0.3, -0.25) is 4.90 Å². The maximum atomic E-state index is 12.7. The summed E-state index contributed by atoms with van der Waals surface area (Å²) < 4.78 is 13.6. The Morgan fingerprint density at radius 2 is 1.81 bits per heavy atom. The number of likely N-dealkylation sites (tertiary alicyclic amines) is 1. The van der Waals surface area contributed by atoms with Crippen molar-refractivity contribution in [3.8, 4) is 34.3 Å². The van der Waals surface area contributed by atoms with Crippen molar-refractivity contribution >= 4 is 28.8 Å². The Labute approximate surface area is 279 Å². The molecule has 47 heavy (non-hydrogen) atoms. The third-order valence-corrected chi connectivity index (χ3v) is 9.27. The SMILES string of the molecule is Cc1c(-c2nc3cc(CN4CCCC4)cc(C#N)c3o2)cccc1-c1cccc(-n2cc3c(n2)CN(C(=O)OC(C)(C)C)CC3)c1Cl. The lowest BCUT2D eigenvalue weighted by Gasteiger charge is -2.29. The van der Waals surface area contributed by atoms with Gasteiger partial charge in [-0.25, -0.2) is 14.5 Å². The van der Waals surface area contributed by atoms with E-state index in [1.165, 1.54) is 12.8 Å².